The van der Waals surface area contributed by atoms with Crippen LogP contribution in [0.2, 0.25) is 0 Å². The van der Waals surface area contributed by atoms with Gasteiger partial charge in [0.05, 0.1) is 6.20 Å². The van der Waals surface area contributed by atoms with Crippen molar-refractivity contribution in [2.24, 2.45) is 5.92 Å². The summed E-state index contributed by atoms with van der Waals surface area (Å²) >= 11 is 0. The molecule has 1 aliphatic carbocycles. The molecule has 26 heavy (non-hydrogen) atoms. The Morgan fingerprint density at radius 1 is 1.38 bits per heavy atom. The fourth-order valence-electron chi connectivity index (χ4n) is 2.73. The van der Waals surface area contributed by atoms with Crippen molar-refractivity contribution in [1.29, 1.82) is 0 Å². The number of aliphatic hydroxyl groups is 1. The number of carboxylic acid groups (broad SMARTS) is 1. The molecule has 3 N–H and O–H groups in total. The van der Waals surface area contributed by atoms with Gasteiger partial charge in [-0.2, -0.15) is 13.2 Å². The molecule has 1 aromatic heterocycles. The molecule has 1 aromatic rings. The highest BCUT2D eigenvalue weighted by molar-refractivity contribution is 5.73. The van der Waals surface area contributed by atoms with Crippen molar-refractivity contribution in [2.75, 3.05) is 19.8 Å². The molecule has 0 bridgehead atoms. The van der Waals surface area contributed by atoms with Gasteiger partial charge >= 0.3 is 12.1 Å². The van der Waals surface area contributed by atoms with E-state index in [2.05, 4.69) is 16.4 Å². The summed E-state index contributed by atoms with van der Waals surface area (Å²) in [6.45, 7) is 2.16. The molecule has 3 atom stereocenters. The smallest absolute Gasteiger partial charge is 0.490 e. The van der Waals surface area contributed by atoms with Crippen LogP contribution < -0.4 is 10.1 Å². The number of aliphatic carboxylic acids is 1. The Morgan fingerprint density at radius 2 is 2.08 bits per heavy atom. The number of pyridine rings is 1. The number of ether oxygens (including phenoxy) is 1. The van der Waals surface area contributed by atoms with Crippen molar-refractivity contribution in [1.82, 2.24) is 10.3 Å². The van der Waals surface area contributed by atoms with Crippen molar-refractivity contribution in [2.45, 2.75) is 43.8 Å². The van der Waals surface area contributed by atoms with Gasteiger partial charge in [0.25, 0.3) is 0 Å². The minimum absolute atomic E-state index is 0.305. The molecule has 0 spiro atoms. The van der Waals surface area contributed by atoms with Gasteiger partial charge in [-0.1, -0.05) is 0 Å². The number of alkyl halides is 3. The number of hydrogen-bond donors (Lipinski definition) is 3. The Balaban J connectivity index is 0.000000298. The zero-order valence-electron chi connectivity index (χ0n) is 14.2. The standard InChI is InChI=1S/C15H22N2O2.C2HF3O2/c18-5-1-2-11-7-15(11)12-6-14(9-16-8-12)19-10-13-3-4-17-13;3-2(4,5)1(6)7/h6,8-9,11,13,15,17-18H,1-5,7,10H2;(H,6,7)/t11-,13-,15-;/m0./s1. The molecule has 3 rings (SSSR count). The van der Waals surface area contributed by atoms with Gasteiger partial charge in [-0.3, -0.25) is 4.98 Å². The molecule has 0 amide bonds. The zero-order chi connectivity index (χ0) is 19.2. The Hall–Kier alpha value is -1.87. The highest BCUT2D eigenvalue weighted by atomic mass is 19.4. The van der Waals surface area contributed by atoms with E-state index in [1.54, 1.807) is 6.20 Å². The molecule has 2 heterocycles. The van der Waals surface area contributed by atoms with Crippen molar-refractivity contribution in [3.63, 3.8) is 0 Å². The second-order valence-corrected chi connectivity index (χ2v) is 6.48. The summed E-state index contributed by atoms with van der Waals surface area (Å²) < 4.78 is 37.5. The van der Waals surface area contributed by atoms with Crippen LogP contribution in [0, 0.1) is 5.92 Å². The minimum atomic E-state index is -5.08. The topological polar surface area (TPSA) is 91.7 Å². The summed E-state index contributed by atoms with van der Waals surface area (Å²) in [4.78, 5) is 13.2. The second kappa shape index (κ2) is 9.18. The predicted octanol–water partition coefficient (Wildman–Crippen LogP) is 2.33. The normalized spacial score (nSPS) is 24.1. The summed E-state index contributed by atoms with van der Waals surface area (Å²) in [5.74, 6) is -0.506. The fraction of sp³-hybridized carbons (Fsp3) is 0.647. The van der Waals surface area contributed by atoms with Gasteiger partial charge in [-0.05, 0) is 55.7 Å². The molecular weight excluding hydrogens is 353 g/mol. The van der Waals surface area contributed by atoms with Gasteiger partial charge in [0.15, 0.2) is 0 Å². The van der Waals surface area contributed by atoms with E-state index < -0.39 is 12.1 Å². The largest absolute Gasteiger partial charge is 0.490 e. The maximum absolute atomic E-state index is 10.6. The maximum Gasteiger partial charge on any atom is 0.490 e. The average molecular weight is 376 g/mol. The van der Waals surface area contributed by atoms with E-state index in [1.807, 2.05) is 6.20 Å². The van der Waals surface area contributed by atoms with Crippen LogP contribution in [0.3, 0.4) is 0 Å². The molecule has 0 aromatic carbocycles. The van der Waals surface area contributed by atoms with Crippen molar-refractivity contribution in [3.05, 3.63) is 24.0 Å². The van der Waals surface area contributed by atoms with Crippen LogP contribution in [0.25, 0.3) is 0 Å². The quantitative estimate of drug-likeness (QED) is 0.677. The maximum atomic E-state index is 10.6. The molecule has 146 valence electrons. The van der Waals surface area contributed by atoms with Gasteiger partial charge < -0.3 is 20.3 Å². The Bertz CT molecular complexity index is 594. The van der Waals surface area contributed by atoms with Crippen molar-refractivity contribution >= 4 is 5.97 Å². The van der Waals surface area contributed by atoms with Crippen molar-refractivity contribution in [3.8, 4) is 5.75 Å². The minimum Gasteiger partial charge on any atom is -0.490 e. The highest BCUT2D eigenvalue weighted by Crippen LogP contribution is 2.50. The summed E-state index contributed by atoms with van der Waals surface area (Å²) in [5, 5.41) is 19.3. The average Bonchev–Trinajstić information content (AvgIpc) is 3.31. The van der Waals surface area contributed by atoms with Crippen LogP contribution in [-0.4, -0.2) is 53.1 Å². The SMILES string of the molecule is O=C(O)C(F)(F)F.OCCC[C@H]1C[C@@H]1c1cncc(OC[C@@H]2CCN2)c1. The first-order chi connectivity index (χ1) is 12.3. The highest BCUT2D eigenvalue weighted by Gasteiger charge is 2.38. The number of halogens is 3. The third-order valence-electron chi connectivity index (χ3n) is 4.44. The lowest BCUT2D eigenvalue weighted by atomic mass is 10.1. The van der Waals surface area contributed by atoms with Gasteiger partial charge in [-0.25, -0.2) is 4.79 Å². The van der Waals surface area contributed by atoms with E-state index in [0.29, 0.717) is 18.6 Å². The van der Waals surface area contributed by atoms with E-state index in [9.17, 15) is 13.2 Å². The Labute approximate surface area is 149 Å². The third-order valence-corrected chi connectivity index (χ3v) is 4.44. The summed E-state index contributed by atoms with van der Waals surface area (Å²) in [6.07, 6.45) is 3.15. The number of aromatic nitrogens is 1. The van der Waals surface area contributed by atoms with E-state index in [1.165, 1.54) is 18.4 Å². The van der Waals surface area contributed by atoms with Crippen LogP contribution in [0.15, 0.2) is 18.5 Å². The number of carbonyl (C=O) groups is 1. The Morgan fingerprint density at radius 3 is 2.62 bits per heavy atom. The van der Waals surface area contributed by atoms with Crippen LogP contribution in [0.5, 0.6) is 5.75 Å². The molecule has 1 saturated carbocycles. The zero-order valence-corrected chi connectivity index (χ0v) is 14.2. The van der Waals surface area contributed by atoms with E-state index >= 15 is 0 Å². The third kappa shape index (κ3) is 6.45. The molecule has 6 nitrogen and oxygen atoms in total. The first-order valence-electron chi connectivity index (χ1n) is 8.53. The lowest BCUT2D eigenvalue weighted by Crippen LogP contribution is -2.46. The molecule has 1 aliphatic heterocycles. The molecule has 9 heteroatoms. The van der Waals surface area contributed by atoms with Gasteiger partial charge in [0, 0.05) is 18.8 Å². The van der Waals surface area contributed by atoms with Crippen LogP contribution in [0.1, 0.15) is 37.2 Å². The molecular formula is C17H23F3N2O4. The molecule has 0 unspecified atom stereocenters. The number of carboxylic acids is 1. The predicted molar refractivity (Wildman–Crippen MR) is 87.0 cm³/mol. The van der Waals surface area contributed by atoms with E-state index in [-0.39, 0.29) is 0 Å². The number of hydrogen-bond acceptors (Lipinski definition) is 5. The van der Waals surface area contributed by atoms with E-state index in [0.717, 1.165) is 37.7 Å². The first kappa shape index (κ1) is 20.4. The molecule has 2 fully saturated rings. The monoisotopic (exact) mass is 376 g/mol. The Kier molecular flexibility index (Phi) is 7.22. The second-order valence-electron chi connectivity index (χ2n) is 6.48. The fourth-order valence-corrected chi connectivity index (χ4v) is 2.73. The number of rotatable bonds is 7. The van der Waals surface area contributed by atoms with Gasteiger partial charge in [0.2, 0.25) is 0 Å². The molecule has 1 saturated heterocycles. The summed E-state index contributed by atoms with van der Waals surface area (Å²) in [7, 11) is 0. The van der Waals surface area contributed by atoms with Gasteiger partial charge in [-0.15, -0.1) is 0 Å². The van der Waals surface area contributed by atoms with Crippen LogP contribution in [0.4, 0.5) is 13.2 Å². The summed E-state index contributed by atoms with van der Waals surface area (Å²) in [6, 6.07) is 2.65. The number of aliphatic hydroxyl groups excluding tert-OH is 1. The number of nitrogens with zero attached hydrogens (tertiary/aromatic N) is 1. The first-order valence-corrected chi connectivity index (χ1v) is 8.53. The van der Waals surface area contributed by atoms with Crippen molar-refractivity contribution < 1.29 is 32.9 Å². The number of nitrogens with one attached hydrogen (secondary N) is 1. The molecule has 2 aliphatic rings. The molecule has 0 radical (unpaired) electrons. The van der Waals surface area contributed by atoms with Crippen LogP contribution in [-0.2, 0) is 4.79 Å². The van der Waals surface area contributed by atoms with E-state index in [4.69, 9.17) is 19.7 Å². The lowest BCUT2D eigenvalue weighted by Gasteiger charge is -2.27. The van der Waals surface area contributed by atoms with Crippen LogP contribution >= 0.6 is 0 Å². The summed E-state index contributed by atoms with van der Waals surface area (Å²) in [5.41, 5.74) is 1.29. The van der Waals surface area contributed by atoms with Gasteiger partial charge in [0.1, 0.15) is 12.4 Å². The lowest BCUT2D eigenvalue weighted by molar-refractivity contribution is -0.192.